The predicted molar refractivity (Wildman–Crippen MR) is 111 cm³/mol. The fourth-order valence-corrected chi connectivity index (χ4v) is 3.14. The molecular formula is C20H14ClFN6O2. The first kappa shape index (κ1) is 19.5. The first-order chi connectivity index (χ1) is 14.4. The van der Waals surface area contributed by atoms with E-state index in [0.29, 0.717) is 22.6 Å². The van der Waals surface area contributed by atoms with Gasteiger partial charge in [0.05, 0.1) is 23.0 Å². The Labute approximate surface area is 175 Å². The van der Waals surface area contributed by atoms with Crippen LogP contribution in [-0.2, 0) is 7.05 Å². The van der Waals surface area contributed by atoms with E-state index in [0.717, 1.165) is 11.8 Å². The van der Waals surface area contributed by atoms with E-state index in [4.69, 9.17) is 11.6 Å². The summed E-state index contributed by atoms with van der Waals surface area (Å²) in [5.41, 5.74) is 2.63. The molecule has 3 heterocycles. The van der Waals surface area contributed by atoms with Crippen LogP contribution in [0.15, 0.2) is 61.1 Å². The average molecular weight is 425 g/mol. The highest BCUT2D eigenvalue weighted by Gasteiger charge is 2.17. The first-order valence-electron chi connectivity index (χ1n) is 8.73. The van der Waals surface area contributed by atoms with Crippen LogP contribution in [0.2, 0.25) is 5.15 Å². The maximum atomic E-state index is 13.1. The molecule has 0 unspecified atom stereocenters. The van der Waals surface area contributed by atoms with Gasteiger partial charge >= 0.3 is 0 Å². The highest BCUT2D eigenvalue weighted by Crippen LogP contribution is 2.33. The van der Waals surface area contributed by atoms with Gasteiger partial charge in [0.25, 0.3) is 5.69 Å². The predicted octanol–water partition coefficient (Wildman–Crippen LogP) is 4.99. The third-order valence-corrected chi connectivity index (χ3v) is 4.51. The van der Waals surface area contributed by atoms with Gasteiger partial charge in [-0.3, -0.25) is 19.8 Å². The maximum absolute atomic E-state index is 13.1. The molecule has 30 heavy (non-hydrogen) atoms. The van der Waals surface area contributed by atoms with Gasteiger partial charge in [0.2, 0.25) is 0 Å². The minimum atomic E-state index is -0.477. The summed E-state index contributed by atoms with van der Waals surface area (Å²) in [6.07, 6.45) is 4.50. The summed E-state index contributed by atoms with van der Waals surface area (Å²) in [4.78, 5) is 19.4. The van der Waals surface area contributed by atoms with E-state index in [1.165, 1.54) is 18.2 Å². The Balaban J connectivity index is 1.70. The zero-order valence-corrected chi connectivity index (χ0v) is 16.3. The number of aryl methyl sites for hydroxylation is 1. The molecule has 4 rings (SSSR count). The largest absolute Gasteiger partial charge is 0.335 e. The average Bonchev–Trinajstić information content (AvgIpc) is 3.14. The van der Waals surface area contributed by atoms with Crippen molar-refractivity contribution >= 4 is 28.8 Å². The molecule has 0 bridgehead atoms. The second kappa shape index (κ2) is 7.88. The van der Waals surface area contributed by atoms with E-state index in [-0.39, 0.29) is 16.5 Å². The van der Waals surface area contributed by atoms with Gasteiger partial charge in [-0.05, 0) is 35.9 Å². The van der Waals surface area contributed by atoms with Crippen molar-refractivity contribution in [3.63, 3.8) is 0 Å². The monoisotopic (exact) mass is 424 g/mol. The lowest BCUT2D eigenvalue weighted by atomic mass is 10.1. The van der Waals surface area contributed by atoms with Crippen LogP contribution in [0, 0.1) is 15.9 Å². The van der Waals surface area contributed by atoms with Gasteiger partial charge < -0.3 is 5.32 Å². The van der Waals surface area contributed by atoms with Crippen LogP contribution in [0.3, 0.4) is 0 Å². The second-order valence-corrected chi connectivity index (χ2v) is 6.83. The van der Waals surface area contributed by atoms with Crippen molar-refractivity contribution in [1.82, 2.24) is 19.7 Å². The second-order valence-electron chi connectivity index (χ2n) is 6.44. The zero-order valence-electron chi connectivity index (χ0n) is 15.6. The van der Waals surface area contributed by atoms with Crippen molar-refractivity contribution in [3.05, 3.63) is 82.1 Å². The molecule has 0 radical (unpaired) electrons. The summed E-state index contributed by atoms with van der Waals surface area (Å²) in [6, 6.07) is 10.8. The SMILES string of the molecule is Cn1cc(-c2ccc(Nc3cc(-c4ccc(F)cn4)cc(Cl)n3)c([N+](=O)[O-])c2)cn1. The highest BCUT2D eigenvalue weighted by atomic mass is 35.5. The van der Waals surface area contributed by atoms with E-state index in [1.54, 1.807) is 48.4 Å². The lowest BCUT2D eigenvalue weighted by Crippen LogP contribution is -2.00. The molecule has 1 N–H and O–H groups in total. The Morgan fingerprint density at radius 3 is 2.60 bits per heavy atom. The van der Waals surface area contributed by atoms with E-state index < -0.39 is 10.7 Å². The normalized spacial score (nSPS) is 10.8. The lowest BCUT2D eigenvalue weighted by molar-refractivity contribution is -0.383. The van der Waals surface area contributed by atoms with Crippen molar-refractivity contribution in [3.8, 4) is 22.4 Å². The number of nitrogens with zero attached hydrogens (tertiary/aromatic N) is 5. The Bertz CT molecular complexity index is 1240. The van der Waals surface area contributed by atoms with Gasteiger partial charge in [0, 0.05) is 30.4 Å². The van der Waals surface area contributed by atoms with Crippen LogP contribution in [0.5, 0.6) is 0 Å². The van der Waals surface area contributed by atoms with Gasteiger partial charge in [-0.1, -0.05) is 17.7 Å². The van der Waals surface area contributed by atoms with E-state index >= 15 is 0 Å². The van der Waals surface area contributed by atoms with E-state index in [9.17, 15) is 14.5 Å². The number of benzene rings is 1. The number of hydrogen-bond donors (Lipinski definition) is 1. The Morgan fingerprint density at radius 2 is 1.93 bits per heavy atom. The number of hydrogen-bond acceptors (Lipinski definition) is 6. The molecule has 0 aliphatic heterocycles. The molecule has 0 saturated carbocycles. The molecule has 150 valence electrons. The maximum Gasteiger partial charge on any atom is 0.293 e. The van der Waals surface area contributed by atoms with Gasteiger partial charge in [-0.2, -0.15) is 5.10 Å². The van der Waals surface area contributed by atoms with Crippen LogP contribution in [-0.4, -0.2) is 24.7 Å². The highest BCUT2D eigenvalue weighted by molar-refractivity contribution is 6.29. The smallest absolute Gasteiger partial charge is 0.293 e. The fraction of sp³-hybridized carbons (Fsp3) is 0.0500. The summed E-state index contributed by atoms with van der Waals surface area (Å²) in [5.74, 6) is -0.164. The molecule has 0 amide bonds. The fourth-order valence-electron chi connectivity index (χ4n) is 2.93. The Morgan fingerprint density at radius 1 is 1.10 bits per heavy atom. The summed E-state index contributed by atoms with van der Waals surface area (Å²) in [7, 11) is 1.77. The lowest BCUT2D eigenvalue weighted by Gasteiger charge is -2.10. The topological polar surface area (TPSA) is 98.8 Å². The molecule has 0 spiro atoms. The zero-order chi connectivity index (χ0) is 21.3. The van der Waals surface area contributed by atoms with Crippen LogP contribution < -0.4 is 5.32 Å². The Kier molecular flexibility index (Phi) is 5.11. The molecule has 0 aliphatic carbocycles. The van der Waals surface area contributed by atoms with Gasteiger partial charge in [-0.15, -0.1) is 0 Å². The minimum absolute atomic E-state index is 0.125. The summed E-state index contributed by atoms with van der Waals surface area (Å²) in [6.45, 7) is 0. The molecule has 0 saturated heterocycles. The number of nitro benzene ring substituents is 1. The van der Waals surface area contributed by atoms with Crippen LogP contribution in [0.25, 0.3) is 22.4 Å². The Hall–Kier alpha value is -3.85. The van der Waals surface area contributed by atoms with Crippen molar-refractivity contribution in [2.75, 3.05) is 5.32 Å². The standard InChI is InChI=1S/C20H14ClFN6O2/c1-27-11-14(9-24-27)12-2-4-17(18(6-12)28(29)30)25-20-8-13(7-19(21)26-20)16-5-3-15(22)10-23-16/h2-11H,1H3,(H,25,26). The van der Waals surface area contributed by atoms with Crippen LogP contribution in [0.4, 0.5) is 21.6 Å². The van der Waals surface area contributed by atoms with Crippen molar-refractivity contribution < 1.29 is 9.31 Å². The molecule has 0 fully saturated rings. The number of nitrogens with one attached hydrogen (secondary N) is 1. The minimum Gasteiger partial charge on any atom is -0.335 e. The molecule has 3 aromatic heterocycles. The summed E-state index contributed by atoms with van der Waals surface area (Å²) in [5, 5.41) is 18.8. The van der Waals surface area contributed by atoms with Crippen molar-refractivity contribution in [2.45, 2.75) is 0 Å². The molecule has 10 heteroatoms. The molecule has 4 aromatic rings. The molecule has 1 aromatic carbocycles. The number of halogens is 2. The van der Waals surface area contributed by atoms with Crippen LogP contribution in [0.1, 0.15) is 0 Å². The first-order valence-corrected chi connectivity index (χ1v) is 9.11. The molecule has 8 nitrogen and oxygen atoms in total. The van der Waals surface area contributed by atoms with Crippen LogP contribution >= 0.6 is 11.6 Å². The van der Waals surface area contributed by atoms with Gasteiger partial charge in [0.15, 0.2) is 0 Å². The quantitative estimate of drug-likeness (QED) is 0.275. The molecule has 0 atom stereocenters. The molecule has 0 aliphatic rings. The van der Waals surface area contributed by atoms with E-state index in [1.807, 2.05) is 0 Å². The van der Waals surface area contributed by atoms with E-state index in [2.05, 4.69) is 20.4 Å². The number of nitro groups is 1. The number of aromatic nitrogens is 4. The summed E-state index contributed by atoms with van der Waals surface area (Å²) < 4.78 is 14.8. The molecular weight excluding hydrogens is 411 g/mol. The summed E-state index contributed by atoms with van der Waals surface area (Å²) >= 11 is 6.11. The third-order valence-electron chi connectivity index (χ3n) is 4.31. The third kappa shape index (κ3) is 4.11. The van der Waals surface area contributed by atoms with Gasteiger partial charge in [0.1, 0.15) is 22.5 Å². The van der Waals surface area contributed by atoms with Crippen molar-refractivity contribution in [2.24, 2.45) is 7.05 Å². The number of anilines is 2. The van der Waals surface area contributed by atoms with Crippen molar-refractivity contribution in [1.29, 1.82) is 0 Å². The number of pyridine rings is 2. The van der Waals surface area contributed by atoms with Gasteiger partial charge in [-0.25, -0.2) is 9.37 Å². The number of rotatable bonds is 5.